The minimum atomic E-state index is -1.17. The molecular weight excluding hydrogens is 314 g/mol. The van der Waals surface area contributed by atoms with E-state index >= 15 is 0 Å². The summed E-state index contributed by atoms with van der Waals surface area (Å²) in [6.07, 6.45) is 1.76. The Labute approximate surface area is 149 Å². The first-order chi connectivity index (χ1) is 11.9. The highest BCUT2D eigenvalue weighted by Gasteiger charge is 2.26. The van der Waals surface area contributed by atoms with Crippen LogP contribution in [0.4, 0.5) is 0 Å². The largest absolute Gasteiger partial charge is 0.497 e. The molecule has 2 N–H and O–H groups in total. The predicted octanol–water partition coefficient (Wildman–Crippen LogP) is 3.43. The van der Waals surface area contributed by atoms with Gasteiger partial charge in [0.05, 0.1) is 19.1 Å². The number of rotatable bonds is 8. The van der Waals surface area contributed by atoms with Crippen LogP contribution >= 0.6 is 0 Å². The number of nitrogens with one attached hydrogen (secondary N) is 1. The second-order valence-corrected chi connectivity index (χ2v) is 6.67. The lowest BCUT2D eigenvalue weighted by Gasteiger charge is -2.24. The molecule has 2 unspecified atom stereocenters. The van der Waals surface area contributed by atoms with Crippen LogP contribution in [0.3, 0.4) is 0 Å². The molecule has 0 aliphatic heterocycles. The minimum absolute atomic E-state index is 0.0428. The normalized spacial score (nSPS) is 14.4. The molecule has 2 aromatic carbocycles. The van der Waals surface area contributed by atoms with Crippen molar-refractivity contribution in [1.82, 2.24) is 5.32 Å². The molecule has 134 valence electrons. The topological polar surface area (TPSA) is 58.6 Å². The third-order valence-corrected chi connectivity index (χ3v) is 4.33. The molecule has 0 fully saturated rings. The minimum Gasteiger partial charge on any atom is -0.497 e. The van der Waals surface area contributed by atoms with E-state index in [0.29, 0.717) is 0 Å². The SMILES string of the molecule is COc1ccc(CCC(C)NC(=O)CC(C)(O)c2ccccc2)cc1. The van der Waals surface area contributed by atoms with Crippen molar-refractivity contribution in [1.29, 1.82) is 0 Å². The average Bonchev–Trinajstić information content (AvgIpc) is 2.60. The Balaban J connectivity index is 1.81. The van der Waals surface area contributed by atoms with E-state index < -0.39 is 5.60 Å². The molecule has 2 rings (SSSR count). The van der Waals surface area contributed by atoms with Crippen LogP contribution in [0.15, 0.2) is 54.6 Å². The molecule has 0 spiro atoms. The van der Waals surface area contributed by atoms with Crippen molar-refractivity contribution in [2.75, 3.05) is 7.11 Å². The van der Waals surface area contributed by atoms with Crippen LogP contribution in [0.5, 0.6) is 5.75 Å². The molecular formula is C21H27NO3. The highest BCUT2D eigenvalue weighted by Crippen LogP contribution is 2.24. The molecule has 0 radical (unpaired) electrons. The molecule has 0 bridgehead atoms. The van der Waals surface area contributed by atoms with Crippen LogP contribution in [-0.4, -0.2) is 24.2 Å². The summed E-state index contributed by atoms with van der Waals surface area (Å²) in [4.78, 5) is 12.2. The van der Waals surface area contributed by atoms with E-state index in [4.69, 9.17) is 4.74 Å². The molecule has 25 heavy (non-hydrogen) atoms. The van der Waals surface area contributed by atoms with Crippen molar-refractivity contribution in [3.63, 3.8) is 0 Å². The van der Waals surface area contributed by atoms with Gasteiger partial charge in [0, 0.05) is 6.04 Å². The zero-order valence-corrected chi connectivity index (χ0v) is 15.2. The first-order valence-corrected chi connectivity index (χ1v) is 8.61. The molecule has 1 amide bonds. The molecule has 0 aliphatic carbocycles. The van der Waals surface area contributed by atoms with Gasteiger partial charge in [0.25, 0.3) is 0 Å². The van der Waals surface area contributed by atoms with E-state index in [1.54, 1.807) is 14.0 Å². The Morgan fingerprint density at radius 1 is 1.16 bits per heavy atom. The standard InChI is InChI=1S/C21H27NO3/c1-16(9-10-17-11-13-19(25-3)14-12-17)22-20(23)15-21(2,24)18-7-5-4-6-8-18/h4-8,11-14,16,24H,9-10,15H2,1-3H3,(H,22,23). The number of hydrogen-bond acceptors (Lipinski definition) is 3. The van der Waals surface area contributed by atoms with Gasteiger partial charge in [-0.3, -0.25) is 4.79 Å². The maximum Gasteiger partial charge on any atom is 0.223 e. The van der Waals surface area contributed by atoms with Gasteiger partial charge < -0.3 is 15.2 Å². The molecule has 0 saturated carbocycles. The van der Waals surface area contributed by atoms with E-state index in [2.05, 4.69) is 5.32 Å². The van der Waals surface area contributed by atoms with Crippen LogP contribution < -0.4 is 10.1 Å². The van der Waals surface area contributed by atoms with Gasteiger partial charge in [-0.1, -0.05) is 42.5 Å². The van der Waals surface area contributed by atoms with Crippen molar-refractivity contribution in [2.24, 2.45) is 0 Å². The van der Waals surface area contributed by atoms with E-state index in [1.165, 1.54) is 5.56 Å². The second kappa shape index (κ2) is 8.67. The van der Waals surface area contributed by atoms with Crippen molar-refractivity contribution in [3.8, 4) is 5.75 Å². The second-order valence-electron chi connectivity index (χ2n) is 6.67. The van der Waals surface area contributed by atoms with E-state index in [-0.39, 0.29) is 18.4 Å². The number of aliphatic hydroxyl groups is 1. The van der Waals surface area contributed by atoms with Gasteiger partial charge in [0.1, 0.15) is 5.75 Å². The average molecular weight is 341 g/mol. The van der Waals surface area contributed by atoms with Crippen LogP contribution in [0.2, 0.25) is 0 Å². The van der Waals surface area contributed by atoms with Gasteiger partial charge >= 0.3 is 0 Å². The van der Waals surface area contributed by atoms with Gasteiger partial charge in [-0.2, -0.15) is 0 Å². The van der Waals surface area contributed by atoms with Gasteiger partial charge in [-0.15, -0.1) is 0 Å². The van der Waals surface area contributed by atoms with Gasteiger partial charge in [-0.05, 0) is 49.9 Å². The third kappa shape index (κ3) is 5.91. The fraction of sp³-hybridized carbons (Fsp3) is 0.381. The molecule has 0 aliphatic rings. The number of amides is 1. The Kier molecular flexibility index (Phi) is 6.59. The number of carbonyl (C=O) groups excluding carboxylic acids is 1. The van der Waals surface area contributed by atoms with Crippen molar-refractivity contribution in [2.45, 2.75) is 44.8 Å². The highest BCUT2D eigenvalue weighted by atomic mass is 16.5. The van der Waals surface area contributed by atoms with Gasteiger partial charge in [0.2, 0.25) is 5.91 Å². The Hall–Kier alpha value is -2.33. The lowest BCUT2D eigenvalue weighted by Crippen LogP contribution is -2.37. The van der Waals surface area contributed by atoms with Crippen LogP contribution in [0, 0.1) is 0 Å². The Bertz CT molecular complexity index is 665. The summed E-state index contributed by atoms with van der Waals surface area (Å²) in [5.41, 5.74) is 0.787. The smallest absolute Gasteiger partial charge is 0.223 e. The number of benzene rings is 2. The fourth-order valence-electron chi connectivity index (χ4n) is 2.79. The van der Waals surface area contributed by atoms with E-state index in [1.807, 2.05) is 61.5 Å². The summed E-state index contributed by atoms with van der Waals surface area (Å²) in [5.74, 6) is 0.698. The van der Waals surface area contributed by atoms with E-state index in [9.17, 15) is 9.90 Å². The summed E-state index contributed by atoms with van der Waals surface area (Å²) in [6, 6.07) is 17.3. The van der Waals surface area contributed by atoms with Crippen molar-refractivity contribution >= 4 is 5.91 Å². The fourth-order valence-corrected chi connectivity index (χ4v) is 2.79. The number of aryl methyl sites for hydroxylation is 1. The summed E-state index contributed by atoms with van der Waals surface area (Å²) >= 11 is 0. The molecule has 0 heterocycles. The zero-order valence-electron chi connectivity index (χ0n) is 15.2. The number of hydrogen-bond donors (Lipinski definition) is 2. The first-order valence-electron chi connectivity index (χ1n) is 8.61. The lowest BCUT2D eigenvalue weighted by atomic mass is 9.92. The van der Waals surface area contributed by atoms with Crippen molar-refractivity contribution < 1.29 is 14.6 Å². The third-order valence-electron chi connectivity index (χ3n) is 4.33. The van der Waals surface area contributed by atoms with Crippen LogP contribution in [0.25, 0.3) is 0 Å². The summed E-state index contributed by atoms with van der Waals surface area (Å²) in [7, 11) is 1.65. The predicted molar refractivity (Wildman–Crippen MR) is 99.5 cm³/mol. The number of ether oxygens (including phenoxy) is 1. The summed E-state index contributed by atoms with van der Waals surface area (Å²) in [5, 5.41) is 13.5. The number of methoxy groups -OCH3 is 1. The van der Waals surface area contributed by atoms with Crippen LogP contribution in [0.1, 0.15) is 37.8 Å². The van der Waals surface area contributed by atoms with Gasteiger partial charge in [-0.25, -0.2) is 0 Å². The Morgan fingerprint density at radius 3 is 2.40 bits per heavy atom. The van der Waals surface area contributed by atoms with Gasteiger partial charge in [0.15, 0.2) is 0 Å². The Morgan fingerprint density at radius 2 is 1.80 bits per heavy atom. The molecule has 4 heteroatoms. The molecule has 4 nitrogen and oxygen atoms in total. The molecule has 2 atom stereocenters. The van der Waals surface area contributed by atoms with Crippen LogP contribution in [-0.2, 0) is 16.8 Å². The maximum atomic E-state index is 12.2. The zero-order chi connectivity index (χ0) is 18.3. The maximum absolute atomic E-state index is 12.2. The summed E-state index contributed by atoms with van der Waals surface area (Å²) < 4.78 is 5.15. The highest BCUT2D eigenvalue weighted by molar-refractivity contribution is 5.77. The van der Waals surface area contributed by atoms with Crippen molar-refractivity contribution in [3.05, 3.63) is 65.7 Å². The van der Waals surface area contributed by atoms with E-state index in [0.717, 1.165) is 24.2 Å². The summed E-state index contributed by atoms with van der Waals surface area (Å²) in [6.45, 7) is 3.66. The lowest BCUT2D eigenvalue weighted by molar-refractivity contribution is -0.126. The quantitative estimate of drug-likeness (QED) is 0.773. The molecule has 2 aromatic rings. The number of carbonyl (C=O) groups is 1. The molecule has 0 aromatic heterocycles. The monoisotopic (exact) mass is 341 g/mol. The molecule has 0 saturated heterocycles. The first kappa shape index (κ1) is 19.0.